The van der Waals surface area contributed by atoms with Crippen molar-refractivity contribution in [2.45, 2.75) is 0 Å². The largest absolute Gasteiger partial charge is 0.365 e. The number of aryl methyl sites for hydroxylation is 1. The Morgan fingerprint density at radius 3 is 2.74 bits per heavy atom. The van der Waals surface area contributed by atoms with Gasteiger partial charge in [0.2, 0.25) is 0 Å². The summed E-state index contributed by atoms with van der Waals surface area (Å²) in [6, 6.07) is 11.8. The van der Waals surface area contributed by atoms with Crippen molar-refractivity contribution in [1.29, 1.82) is 5.26 Å². The van der Waals surface area contributed by atoms with Gasteiger partial charge in [0, 0.05) is 19.7 Å². The van der Waals surface area contributed by atoms with Crippen molar-refractivity contribution in [3.05, 3.63) is 42.1 Å². The maximum absolute atomic E-state index is 9.08. The molecule has 1 N–H and O–H groups in total. The zero-order valence-corrected chi connectivity index (χ0v) is 13.4. The van der Waals surface area contributed by atoms with Crippen LogP contribution in [0.1, 0.15) is 5.56 Å². The molecule has 8 heteroatoms. The van der Waals surface area contributed by atoms with Crippen molar-refractivity contribution in [2.24, 2.45) is 17.3 Å². The second kappa shape index (κ2) is 6.37. The Hall–Kier alpha value is -3.05. The Labute approximate surface area is 136 Å². The number of azo groups is 1. The summed E-state index contributed by atoms with van der Waals surface area (Å²) in [6.07, 6.45) is 1.47. The topological polar surface area (TPSA) is 91.2 Å². The second-order valence-corrected chi connectivity index (χ2v) is 5.58. The van der Waals surface area contributed by atoms with Gasteiger partial charge in [-0.05, 0) is 0 Å². The predicted molar refractivity (Wildman–Crippen MR) is 89.2 cm³/mol. The van der Waals surface area contributed by atoms with Crippen LogP contribution in [0.15, 0.2) is 46.8 Å². The summed E-state index contributed by atoms with van der Waals surface area (Å²) in [4.78, 5) is 4.53. The van der Waals surface area contributed by atoms with Gasteiger partial charge in [-0.2, -0.15) is 10.4 Å². The van der Waals surface area contributed by atoms with Gasteiger partial charge in [-0.25, -0.2) is 9.67 Å². The molecule has 23 heavy (non-hydrogen) atoms. The van der Waals surface area contributed by atoms with Crippen molar-refractivity contribution < 1.29 is 0 Å². The third-order valence-electron chi connectivity index (χ3n) is 3.13. The summed E-state index contributed by atoms with van der Waals surface area (Å²) < 4.78 is 1.52. The molecule has 0 amide bonds. The van der Waals surface area contributed by atoms with E-state index in [9.17, 15) is 0 Å². The van der Waals surface area contributed by atoms with Crippen molar-refractivity contribution in [1.82, 2.24) is 14.8 Å². The van der Waals surface area contributed by atoms with E-state index in [4.69, 9.17) is 5.26 Å². The smallest absolute Gasteiger partial charge is 0.190 e. The van der Waals surface area contributed by atoms with E-state index in [0.717, 1.165) is 16.4 Å². The number of benzene rings is 1. The fraction of sp³-hybridized carbons (Fsp3) is 0.133. The van der Waals surface area contributed by atoms with E-state index in [-0.39, 0.29) is 0 Å². The number of thiazole rings is 1. The van der Waals surface area contributed by atoms with E-state index in [0.29, 0.717) is 16.4 Å². The summed E-state index contributed by atoms with van der Waals surface area (Å²) in [5, 5.41) is 26.0. The lowest BCUT2D eigenvalue weighted by molar-refractivity contribution is 0.764. The number of hydrogen-bond acceptors (Lipinski definition) is 7. The van der Waals surface area contributed by atoms with Gasteiger partial charge in [0.15, 0.2) is 16.0 Å². The molecular weight excluding hydrogens is 310 g/mol. The van der Waals surface area contributed by atoms with Gasteiger partial charge >= 0.3 is 0 Å². The highest BCUT2D eigenvalue weighted by molar-refractivity contribution is 7.19. The molecule has 3 rings (SSSR count). The first-order chi connectivity index (χ1) is 11.2. The molecule has 0 radical (unpaired) electrons. The predicted octanol–water partition coefficient (Wildman–Crippen LogP) is 3.87. The van der Waals surface area contributed by atoms with Crippen molar-refractivity contribution >= 4 is 27.3 Å². The van der Waals surface area contributed by atoms with Gasteiger partial charge in [-0.3, -0.25) is 0 Å². The van der Waals surface area contributed by atoms with E-state index < -0.39 is 0 Å². The Kier molecular flexibility index (Phi) is 4.12. The molecule has 0 unspecified atom stereocenters. The van der Waals surface area contributed by atoms with E-state index in [1.54, 1.807) is 7.05 Å². The summed E-state index contributed by atoms with van der Waals surface area (Å²) in [5.74, 6) is 0.422. The molecule has 0 bridgehead atoms. The van der Waals surface area contributed by atoms with Crippen LogP contribution in [-0.2, 0) is 7.05 Å². The van der Waals surface area contributed by atoms with E-state index in [1.165, 1.54) is 22.2 Å². The second-order valence-electron chi connectivity index (χ2n) is 4.61. The Balaban J connectivity index is 2.03. The molecular formula is C15H13N7S. The lowest BCUT2D eigenvalue weighted by Gasteiger charge is -1.97. The fourth-order valence-electron chi connectivity index (χ4n) is 1.99. The SMILES string of the molecule is CNc1nc(-c2ccccc2)c(N=Nc2c(C#N)cnn2C)s1. The van der Waals surface area contributed by atoms with Gasteiger partial charge in [0.05, 0.1) is 6.20 Å². The molecule has 3 aromatic rings. The minimum absolute atomic E-state index is 0.385. The van der Waals surface area contributed by atoms with Crippen molar-refractivity contribution in [3.63, 3.8) is 0 Å². The maximum atomic E-state index is 9.08. The van der Waals surface area contributed by atoms with Crippen molar-refractivity contribution in [3.8, 4) is 17.3 Å². The van der Waals surface area contributed by atoms with Crippen LogP contribution in [0.3, 0.4) is 0 Å². The molecule has 0 spiro atoms. The van der Waals surface area contributed by atoms with Gasteiger partial charge < -0.3 is 5.32 Å². The molecule has 1 aromatic carbocycles. The molecule has 0 saturated carbocycles. The number of anilines is 1. The summed E-state index contributed by atoms with van der Waals surface area (Å²) in [5.41, 5.74) is 2.10. The molecule has 0 atom stereocenters. The molecule has 114 valence electrons. The van der Waals surface area contributed by atoms with Crippen LogP contribution >= 0.6 is 11.3 Å². The first kappa shape index (κ1) is 14.9. The monoisotopic (exact) mass is 323 g/mol. The molecule has 0 aliphatic rings. The lowest BCUT2D eigenvalue weighted by Crippen LogP contribution is -1.87. The first-order valence-electron chi connectivity index (χ1n) is 6.80. The molecule has 2 aromatic heterocycles. The van der Waals surface area contributed by atoms with Crippen LogP contribution in [0.5, 0.6) is 0 Å². The number of nitrogens with one attached hydrogen (secondary N) is 1. The van der Waals surface area contributed by atoms with Crippen LogP contribution in [0, 0.1) is 11.3 Å². The van der Waals surface area contributed by atoms with Gasteiger partial charge in [0.25, 0.3) is 0 Å². The summed E-state index contributed by atoms with van der Waals surface area (Å²) in [7, 11) is 3.53. The summed E-state index contributed by atoms with van der Waals surface area (Å²) >= 11 is 1.40. The quantitative estimate of drug-likeness (QED) is 0.738. The van der Waals surface area contributed by atoms with Crippen molar-refractivity contribution in [2.75, 3.05) is 12.4 Å². The number of nitriles is 1. The molecule has 0 aliphatic heterocycles. The average Bonchev–Trinajstić information content (AvgIpc) is 3.16. The minimum Gasteiger partial charge on any atom is -0.365 e. The summed E-state index contributed by atoms with van der Waals surface area (Å²) in [6.45, 7) is 0. The maximum Gasteiger partial charge on any atom is 0.190 e. The third kappa shape index (κ3) is 2.95. The van der Waals surface area contributed by atoms with Crippen LogP contribution in [0.25, 0.3) is 11.3 Å². The normalized spacial score (nSPS) is 10.8. The number of nitrogens with zero attached hydrogens (tertiary/aromatic N) is 6. The van der Waals surface area contributed by atoms with Gasteiger partial charge in [-0.1, -0.05) is 41.7 Å². The standard InChI is InChI=1S/C15H13N7S/c1-17-15-19-12(10-6-4-3-5-7-10)14(23-15)21-20-13-11(8-16)9-18-22(13)2/h3-7,9H,1-2H3,(H,17,19). The number of hydrogen-bond donors (Lipinski definition) is 1. The number of rotatable bonds is 4. The highest BCUT2D eigenvalue weighted by atomic mass is 32.1. The van der Waals surface area contributed by atoms with E-state index in [2.05, 4.69) is 31.7 Å². The average molecular weight is 323 g/mol. The fourth-order valence-corrected chi connectivity index (χ4v) is 2.76. The Morgan fingerprint density at radius 1 is 1.26 bits per heavy atom. The van der Waals surface area contributed by atoms with E-state index in [1.807, 2.05) is 37.4 Å². The van der Waals surface area contributed by atoms with E-state index >= 15 is 0 Å². The Bertz CT molecular complexity index is 886. The Morgan fingerprint density at radius 2 is 2.04 bits per heavy atom. The van der Waals surface area contributed by atoms with Crippen LogP contribution in [0.4, 0.5) is 16.0 Å². The zero-order chi connectivity index (χ0) is 16.2. The number of aromatic nitrogens is 3. The van der Waals surface area contributed by atoms with Gasteiger partial charge in [0.1, 0.15) is 17.3 Å². The van der Waals surface area contributed by atoms with Crippen LogP contribution in [-0.4, -0.2) is 21.8 Å². The highest BCUT2D eigenvalue weighted by Crippen LogP contribution is 2.38. The zero-order valence-electron chi connectivity index (χ0n) is 12.6. The van der Waals surface area contributed by atoms with Crippen LogP contribution in [0.2, 0.25) is 0 Å². The molecule has 0 saturated heterocycles. The molecule has 2 heterocycles. The highest BCUT2D eigenvalue weighted by Gasteiger charge is 2.13. The molecule has 7 nitrogen and oxygen atoms in total. The minimum atomic E-state index is 0.385. The lowest BCUT2D eigenvalue weighted by atomic mass is 10.2. The molecule has 0 aliphatic carbocycles. The third-order valence-corrected chi connectivity index (χ3v) is 4.09. The molecule has 0 fully saturated rings. The first-order valence-corrected chi connectivity index (χ1v) is 7.62. The van der Waals surface area contributed by atoms with Gasteiger partial charge in [-0.15, -0.1) is 10.2 Å². The van der Waals surface area contributed by atoms with Crippen LogP contribution < -0.4 is 5.32 Å².